The van der Waals surface area contributed by atoms with Crippen LogP contribution >= 0.6 is 0 Å². The van der Waals surface area contributed by atoms with E-state index >= 15 is 0 Å². The Kier molecular flexibility index (Phi) is 3.13. The van der Waals surface area contributed by atoms with Gasteiger partial charge in [-0.05, 0) is 12.1 Å². The van der Waals surface area contributed by atoms with Crippen LogP contribution in [0.3, 0.4) is 0 Å². The van der Waals surface area contributed by atoms with E-state index in [0.717, 1.165) is 6.07 Å². The van der Waals surface area contributed by atoms with Gasteiger partial charge in [0, 0.05) is 12.4 Å². The van der Waals surface area contributed by atoms with Crippen molar-refractivity contribution in [3.05, 3.63) is 47.7 Å². The number of halogens is 1. The Morgan fingerprint density at radius 2 is 1.89 bits per heavy atom. The van der Waals surface area contributed by atoms with Gasteiger partial charge in [-0.3, -0.25) is 0 Å². The molecule has 1 aromatic carbocycles. The topological polar surface area (TPSA) is 82.6 Å². The van der Waals surface area contributed by atoms with Crippen LogP contribution in [0.5, 0.6) is 11.6 Å². The first kappa shape index (κ1) is 11.5. The fourth-order valence-electron chi connectivity index (χ4n) is 1.28. The Morgan fingerprint density at radius 1 is 1.11 bits per heavy atom. The summed E-state index contributed by atoms with van der Waals surface area (Å²) < 4.78 is 18.6. The second kappa shape index (κ2) is 4.89. The predicted molar refractivity (Wildman–Crippen MR) is 57.9 cm³/mol. The summed E-state index contributed by atoms with van der Waals surface area (Å²) in [5.41, 5.74) is -0.280. The molecule has 0 amide bonds. The third-order valence-electron chi connectivity index (χ3n) is 2.06. The lowest BCUT2D eigenvalue weighted by Gasteiger charge is -2.06. The number of nitriles is 2. The lowest BCUT2D eigenvalue weighted by atomic mass is 10.2. The van der Waals surface area contributed by atoms with Gasteiger partial charge in [-0.1, -0.05) is 6.07 Å². The Morgan fingerprint density at radius 3 is 2.61 bits per heavy atom. The first-order valence-electron chi connectivity index (χ1n) is 4.84. The number of hydrogen-bond acceptors (Lipinski definition) is 5. The van der Waals surface area contributed by atoms with Crippen LogP contribution < -0.4 is 4.74 Å². The maximum absolute atomic E-state index is 13.3. The van der Waals surface area contributed by atoms with Crippen LogP contribution in [0.15, 0.2) is 30.6 Å². The zero-order valence-corrected chi connectivity index (χ0v) is 8.96. The van der Waals surface area contributed by atoms with Crippen molar-refractivity contribution in [2.24, 2.45) is 0 Å². The molecule has 0 aliphatic heterocycles. The molecule has 2 rings (SSSR count). The summed E-state index contributed by atoms with van der Waals surface area (Å²) in [5, 5.41) is 17.6. The van der Waals surface area contributed by atoms with E-state index < -0.39 is 5.82 Å². The monoisotopic (exact) mass is 240 g/mol. The van der Waals surface area contributed by atoms with Crippen LogP contribution in [-0.4, -0.2) is 9.97 Å². The summed E-state index contributed by atoms with van der Waals surface area (Å²) in [5.74, 6) is -0.769. The van der Waals surface area contributed by atoms with E-state index in [-0.39, 0.29) is 22.9 Å². The zero-order chi connectivity index (χ0) is 13.0. The van der Waals surface area contributed by atoms with E-state index in [4.69, 9.17) is 15.3 Å². The SMILES string of the molecule is N#Cc1nccnc1Oc1cccc(F)c1C#N. The largest absolute Gasteiger partial charge is 0.435 e. The summed E-state index contributed by atoms with van der Waals surface area (Å²) >= 11 is 0. The highest BCUT2D eigenvalue weighted by Gasteiger charge is 2.13. The van der Waals surface area contributed by atoms with Gasteiger partial charge in [-0.15, -0.1) is 0 Å². The van der Waals surface area contributed by atoms with Gasteiger partial charge in [0.2, 0.25) is 5.69 Å². The maximum atomic E-state index is 13.3. The smallest absolute Gasteiger partial charge is 0.256 e. The summed E-state index contributed by atoms with van der Waals surface area (Å²) in [7, 11) is 0. The molecule has 86 valence electrons. The molecule has 0 radical (unpaired) electrons. The zero-order valence-electron chi connectivity index (χ0n) is 8.96. The molecule has 0 atom stereocenters. The van der Waals surface area contributed by atoms with Crippen molar-refractivity contribution in [1.82, 2.24) is 9.97 Å². The highest BCUT2D eigenvalue weighted by Crippen LogP contribution is 2.26. The average molecular weight is 240 g/mol. The van der Waals surface area contributed by atoms with Gasteiger partial charge in [0.05, 0.1) is 0 Å². The van der Waals surface area contributed by atoms with Crippen LogP contribution in [-0.2, 0) is 0 Å². The molecule has 0 bridgehead atoms. The lowest BCUT2D eigenvalue weighted by molar-refractivity contribution is 0.451. The van der Waals surface area contributed by atoms with Gasteiger partial charge < -0.3 is 4.74 Å². The van der Waals surface area contributed by atoms with Gasteiger partial charge >= 0.3 is 0 Å². The molecule has 0 aliphatic rings. The summed E-state index contributed by atoms with van der Waals surface area (Å²) in [4.78, 5) is 7.56. The maximum Gasteiger partial charge on any atom is 0.256 e. The molecule has 0 spiro atoms. The van der Waals surface area contributed by atoms with E-state index in [1.165, 1.54) is 24.5 Å². The van der Waals surface area contributed by atoms with Crippen molar-refractivity contribution < 1.29 is 9.13 Å². The van der Waals surface area contributed by atoms with Gasteiger partial charge in [-0.25, -0.2) is 14.4 Å². The highest BCUT2D eigenvalue weighted by atomic mass is 19.1. The Balaban J connectivity index is 2.45. The van der Waals surface area contributed by atoms with Crippen molar-refractivity contribution >= 4 is 0 Å². The number of aromatic nitrogens is 2. The number of nitrogens with zero attached hydrogens (tertiary/aromatic N) is 4. The molecule has 0 unspecified atom stereocenters. The average Bonchev–Trinajstić information content (AvgIpc) is 2.40. The molecule has 0 fully saturated rings. The van der Waals surface area contributed by atoms with Crippen molar-refractivity contribution in [3.63, 3.8) is 0 Å². The molecule has 18 heavy (non-hydrogen) atoms. The molecule has 5 nitrogen and oxygen atoms in total. The minimum Gasteiger partial charge on any atom is -0.435 e. The Hall–Kier alpha value is -2.99. The third kappa shape index (κ3) is 2.08. The van der Waals surface area contributed by atoms with E-state index in [1.54, 1.807) is 12.1 Å². The van der Waals surface area contributed by atoms with E-state index in [0.29, 0.717) is 0 Å². The Labute approximate surface area is 102 Å². The highest BCUT2D eigenvalue weighted by molar-refractivity contribution is 5.46. The first-order valence-corrected chi connectivity index (χ1v) is 4.84. The Bertz CT molecular complexity index is 673. The van der Waals surface area contributed by atoms with E-state index in [1.807, 2.05) is 0 Å². The summed E-state index contributed by atoms with van der Waals surface area (Å²) in [6.45, 7) is 0. The van der Waals surface area contributed by atoms with Crippen LogP contribution in [0.4, 0.5) is 4.39 Å². The van der Waals surface area contributed by atoms with Crippen molar-refractivity contribution in [2.75, 3.05) is 0 Å². The first-order chi connectivity index (χ1) is 8.76. The molecule has 0 saturated heterocycles. The van der Waals surface area contributed by atoms with E-state index in [2.05, 4.69) is 9.97 Å². The van der Waals surface area contributed by atoms with Crippen molar-refractivity contribution in [1.29, 1.82) is 10.5 Å². The normalized spacial score (nSPS) is 9.28. The van der Waals surface area contributed by atoms with Crippen LogP contribution in [0.25, 0.3) is 0 Å². The summed E-state index contributed by atoms with van der Waals surface area (Å²) in [6, 6.07) is 7.44. The van der Waals surface area contributed by atoms with Crippen molar-refractivity contribution in [2.45, 2.75) is 0 Å². The molecule has 0 aliphatic carbocycles. The van der Waals surface area contributed by atoms with Crippen LogP contribution in [0, 0.1) is 28.5 Å². The van der Waals surface area contributed by atoms with Gasteiger partial charge in [0.25, 0.3) is 5.88 Å². The third-order valence-corrected chi connectivity index (χ3v) is 2.06. The fraction of sp³-hybridized carbons (Fsp3) is 0. The van der Waals surface area contributed by atoms with Crippen LogP contribution in [0.1, 0.15) is 11.3 Å². The number of benzene rings is 1. The molecule has 2 aromatic rings. The number of hydrogen-bond donors (Lipinski definition) is 0. The predicted octanol–water partition coefficient (Wildman–Crippen LogP) is 2.15. The second-order valence-corrected chi connectivity index (χ2v) is 3.15. The molecule has 0 saturated carbocycles. The fourth-order valence-corrected chi connectivity index (χ4v) is 1.28. The summed E-state index contributed by atoms with van der Waals surface area (Å²) in [6.07, 6.45) is 2.67. The van der Waals surface area contributed by atoms with Gasteiger partial charge in [0.15, 0.2) is 0 Å². The standard InChI is InChI=1S/C12H5FN4O/c13-9-2-1-3-11(8(9)6-14)18-12-10(7-15)16-4-5-17-12/h1-5H. The molecule has 1 aromatic heterocycles. The molecular weight excluding hydrogens is 235 g/mol. The van der Waals surface area contributed by atoms with Gasteiger partial charge in [-0.2, -0.15) is 10.5 Å². The van der Waals surface area contributed by atoms with Crippen molar-refractivity contribution in [3.8, 4) is 23.8 Å². The molecule has 1 heterocycles. The molecule has 6 heteroatoms. The number of rotatable bonds is 2. The number of ether oxygens (including phenoxy) is 1. The lowest BCUT2D eigenvalue weighted by Crippen LogP contribution is -1.97. The minimum atomic E-state index is -0.697. The van der Waals surface area contributed by atoms with E-state index in [9.17, 15) is 4.39 Å². The van der Waals surface area contributed by atoms with Crippen LogP contribution in [0.2, 0.25) is 0 Å². The molecular formula is C12H5FN4O. The molecule has 0 N–H and O–H groups in total. The second-order valence-electron chi connectivity index (χ2n) is 3.15. The van der Waals surface area contributed by atoms with Gasteiger partial charge in [0.1, 0.15) is 29.3 Å². The minimum absolute atomic E-state index is 0.00509. The quantitative estimate of drug-likeness (QED) is 0.803.